The van der Waals surface area contributed by atoms with Gasteiger partial charge in [0.2, 0.25) is 0 Å². The van der Waals surface area contributed by atoms with Crippen LogP contribution < -0.4 is 11.2 Å². The van der Waals surface area contributed by atoms with Gasteiger partial charge in [-0.3, -0.25) is 14.3 Å². The summed E-state index contributed by atoms with van der Waals surface area (Å²) in [4.78, 5) is 24.5. The summed E-state index contributed by atoms with van der Waals surface area (Å²) < 4.78 is 1.40. The predicted molar refractivity (Wildman–Crippen MR) is 56.2 cm³/mol. The van der Waals surface area contributed by atoms with Crippen molar-refractivity contribution in [3.63, 3.8) is 0 Å². The first-order chi connectivity index (χ1) is 7.61. The Morgan fingerprint density at radius 1 is 1.44 bits per heavy atom. The Kier molecular flexibility index (Phi) is 2.93. The molecular formula is C10H14N2O4. The van der Waals surface area contributed by atoms with Crippen molar-refractivity contribution >= 4 is 0 Å². The third-order valence-corrected chi connectivity index (χ3v) is 3.11. The lowest BCUT2D eigenvalue weighted by atomic mass is 10.1. The van der Waals surface area contributed by atoms with E-state index >= 15 is 0 Å². The van der Waals surface area contributed by atoms with Crippen molar-refractivity contribution < 1.29 is 10.2 Å². The van der Waals surface area contributed by atoms with Gasteiger partial charge >= 0.3 is 5.69 Å². The molecule has 0 aliphatic heterocycles. The first kappa shape index (κ1) is 11.1. The van der Waals surface area contributed by atoms with Gasteiger partial charge in [-0.25, -0.2) is 4.79 Å². The van der Waals surface area contributed by atoms with Gasteiger partial charge in [0.1, 0.15) is 0 Å². The maximum Gasteiger partial charge on any atom is 0.328 e. The molecule has 16 heavy (non-hydrogen) atoms. The van der Waals surface area contributed by atoms with Crippen molar-refractivity contribution in [1.29, 1.82) is 0 Å². The Balaban J connectivity index is 2.27. The minimum atomic E-state index is -0.589. The lowest BCUT2D eigenvalue weighted by Crippen LogP contribution is -2.30. The second kappa shape index (κ2) is 4.23. The minimum absolute atomic E-state index is 0.0875. The highest BCUT2D eigenvalue weighted by molar-refractivity contribution is 4.92. The fourth-order valence-corrected chi connectivity index (χ4v) is 2.21. The quantitative estimate of drug-likeness (QED) is 0.593. The van der Waals surface area contributed by atoms with Crippen LogP contribution in [0.4, 0.5) is 0 Å². The van der Waals surface area contributed by atoms with Gasteiger partial charge < -0.3 is 10.2 Å². The topological polar surface area (TPSA) is 95.3 Å². The SMILES string of the molecule is O=c1ccn(C2C[C@@H](CO)[C@H](O)C2)c(=O)[nH]1. The zero-order chi connectivity index (χ0) is 11.7. The number of aromatic amines is 1. The van der Waals surface area contributed by atoms with Crippen molar-refractivity contribution in [2.45, 2.75) is 25.0 Å². The summed E-state index contributed by atoms with van der Waals surface area (Å²) in [6.45, 7) is -0.0875. The molecule has 1 aliphatic carbocycles. The predicted octanol–water partition coefficient (Wildman–Crippen LogP) is -1.16. The van der Waals surface area contributed by atoms with E-state index in [2.05, 4.69) is 4.98 Å². The molecule has 3 N–H and O–H groups in total. The van der Waals surface area contributed by atoms with E-state index < -0.39 is 17.4 Å². The summed E-state index contributed by atoms with van der Waals surface area (Å²) in [6, 6.07) is 1.12. The molecule has 88 valence electrons. The average Bonchev–Trinajstić information content (AvgIpc) is 2.59. The molecule has 0 saturated heterocycles. The maximum absolute atomic E-state index is 11.5. The molecule has 1 heterocycles. The average molecular weight is 226 g/mol. The number of aliphatic hydroxyl groups excluding tert-OH is 2. The highest BCUT2D eigenvalue weighted by Crippen LogP contribution is 2.33. The zero-order valence-corrected chi connectivity index (χ0v) is 8.67. The molecule has 1 saturated carbocycles. The van der Waals surface area contributed by atoms with Gasteiger partial charge in [-0.1, -0.05) is 0 Å². The number of nitrogens with one attached hydrogen (secondary N) is 1. The van der Waals surface area contributed by atoms with E-state index in [1.807, 2.05) is 0 Å². The lowest BCUT2D eigenvalue weighted by Gasteiger charge is -2.12. The molecule has 1 aromatic rings. The van der Waals surface area contributed by atoms with Crippen LogP contribution in [0.25, 0.3) is 0 Å². The Morgan fingerprint density at radius 2 is 2.19 bits per heavy atom. The fraction of sp³-hybridized carbons (Fsp3) is 0.600. The van der Waals surface area contributed by atoms with Gasteiger partial charge in [0.05, 0.1) is 6.10 Å². The van der Waals surface area contributed by atoms with E-state index in [0.29, 0.717) is 12.8 Å². The molecular weight excluding hydrogens is 212 g/mol. The molecule has 0 radical (unpaired) electrons. The van der Waals surface area contributed by atoms with Crippen molar-refractivity contribution in [3.05, 3.63) is 33.1 Å². The molecule has 0 spiro atoms. The van der Waals surface area contributed by atoms with Crippen LogP contribution >= 0.6 is 0 Å². The molecule has 6 heteroatoms. The number of hydrogen-bond acceptors (Lipinski definition) is 4. The zero-order valence-electron chi connectivity index (χ0n) is 8.67. The largest absolute Gasteiger partial charge is 0.396 e. The molecule has 1 aliphatic rings. The summed E-state index contributed by atoms with van der Waals surface area (Å²) in [7, 11) is 0. The molecule has 0 aromatic carbocycles. The molecule has 3 atom stereocenters. The third-order valence-electron chi connectivity index (χ3n) is 3.11. The molecule has 2 rings (SSSR count). The lowest BCUT2D eigenvalue weighted by molar-refractivity contribution is 0.0906. The van der Waals surface area contributed by atoms with E-state index in [9.17, 15) is 14.7 Å². The molecule has 6 nitrogen and oxygen atoms in total. The summed E-state index contributed by atoms with van der Waals surface area (Å²) in [5.74, 6) is -0.191. The summed E-state index contributed by atoms with van der Waals surface area (Å²) in [6.07, 6.45) is 1.81. The van der Waals surface area contributed by atoms with Gasteiger partial charge in [0, 0.05) is 30.8 Å². The number of rotatable bonds is 2. The molecule has 1 aromatic heterocycles. The first-order valence-corrected chi connectivity index (χ1v) is 5.22. The third kappa shape index (κ3) is 1.94. The van der Waals surface area contributed by atoms with E-state index in [4.69, 9.17) is 5.11 Å². The van der Waals surface area contributed by atoms with Gasteiger partial charge in [0.15, 0.2) is 0 Å². The summed E-state index contributed by atoms with van der Waals surface area (Å²) >= 11 is 0. The molecule has 1 fully saturated rings. The van der Waals surface area contributed by atoms with Crippen LogP contribution in [0.3, 0.4) is 0 Å². The first-order valence-electron chi connectivity index (χ1n) is 5.22. The van der Waals surface area contributed by atoms with Crippen LogP contribution in [-0.2, 0) is 0 Å². The molecule has 0 amide bonds. The Morgan fingerprint density at radius 3 is 2.75 bits per heavy atom. The van der Waals surface area contributed by atoms with Crippen molar-refractivity contribution in [1.82, 2.24) is 9.55 Å². The monoisotopic (exact) mass is 226 g/mol. The summed E-state index contributed by atoms with van der Waals surface area (Å²) in [5.41, 5.74) is -0.901. The summed E-state index contributed by atoms with van der Waals surface area (Å²) in [5, 5.41) is 18.6. The minimum Gasteiger partial charge on any atom is -0.396 e. The van der Waals surface area contributed by atoms with E-state index in [-0.39, 0.29) is 18.6 Å². The van der Waals surface area contributed by atoms with Crippen LogP contribution in [-0.4, -0.2) is 32.5 Å². The number of H-pyrrole nitrogens is 1. The van der Waals surface area contributed by atoms with Crippen molar-refractivity contribution in [3.8, 4) is 0 Å². The van der Waals surface area contributed by atoms with Crippen LogP contribution in [0.5, 0.6) is 0 Å². The van der Waals surface area contributed by atoms with E-state index in [0.717, 1.165) is 0 Å². The van der Waals surface area contributed by atoms with Gasteiger partial charge in [-0.15, -0.1) is 0 Å². The van der Waals surface area contributed by atoms with Crippen molar-refractivity contribution in [2.24, 2.45) is 5.92 Å². The van der Waals surface area contributed by atoms with Gasteiger partial charge in [0.25, 0.3) is 5.56 Å². The van der Waals surface area contributed by atoms with E-state index in [1.165, 1.54) is 16.8 Å². The number of aromatic nitrogens is 2. The number of hydrogen-bond donors (Lipinski definition) is 3. The standard InChI is InChI=1S/C10H14N2O4/c13-5-6-3-7(4-8(6)14)12-2-1-9(15)11-10(12)16/h1-2,6-8,13-14H,3-5H2,(H,11,15,16)/t6-,7?,8+/m0/s1. The highest BCUT2D eigenvalue weighted by atomic mass is 16.3. The Hall–Kier alpha value is -1.40. The number of aliphatic hydroxyl groups is 2. The van der Waals surface area contributed by atoms with Crippen molar-refractivity contribution in [2.75, 3.05) is 6.61 Å². The van der Waals surface area contributed by atoms with Gasteiger partial charge in [-0.2, -0.15) is 0 Å². The Labute approximate surface area is 91.2 Å². The second-order valence-corrected chi connectivity index (χ2v) is 4.15. The second-order valence-electron chi connectivity index (χ2n) is 4.15. The van der Waals surface area contributed by atoms with Crippen LogP contribution in [0.15, 0.2) is 21.9 Å². The molecule has 1 unspecified atom stereocenters. The molecule has 0 bridgehead atoms. The van der Waals surface area contributed by atoms with Crippen LogP contribution in [0.1, 0.15) is 18.9 Å². The normalized spacial score (nSPS) is 29.5. The smallest absolute Gasteiger partial charge is 0.328 e. The van der Waals surface area contributed by atoms with Gasteiger partial charge in [-0.05, 0) is 12.8 Å². The highest BCUT2D eigenvalue weighted by Gasteiger charge is 2.33. The Bertz CT molecular complexity index is 478. The van der Waals surface area contributed by atoms with E-state index in [1.54, 1.807) is 0 Å². The number of nitrogens with zero attached hydrogens (tertiary/aromatic N) is 1. The fourth-order valence-electron chi connectivity index (χ4n) is 2.21. The van der Waals surface area contributed by atoms with Crippen LogP contribution in [0, 0.1) is 5.92 Å². The maximum atomic E-state index is 11.5. The van der Waals surface area contributed by atoms with Crippen LogP contribution in [0.2, 0.25) is 0 Å².